The fourth-order valence-corrected chi connectivity index (χ4v) is 6.81. The number of benzene rings is 2. The van der Waals surface area contributed by atoms with E-state index in [1.54, 1.807) is 11.8 Å². The Hall–Kier alpha value is -4.23. The number of carbonyl (C=O) groups is 2. The number of hydrogen-bond donors (Lipinski definition) is 1. The number of methoxy groups -OCH3 is 2. The lowest BCUT2D eigenvalue weighted by atomic mass is 10.0. The number of anilines is 1. The second kappa shape index (κ2) is 10.9. The van der Waals surface area contributed by atoms with E-state index in [4.69, 9.17) is 19.2 Å². The van der Waals surface area contributed by atoms with Crippen molar-refractivity contribution in [3.05, 3.63) is 62.5 Å². The van der Waals surface area contributed by atoms with Crippen molar-refractivity contribution in [1.29, 1.82) is 0 Å². The average molecular weight is 569 g/mol. The summed E-state index contributed by atoms with van der Waals surface area (Å²) in [6.07, 6.45) is 0.145. The molecule has 0 unspecified atom stereocenters. The molecule has 39 heavy (non-hydrogen) atoms. The molecule has 13 heteroatoms. The monoisotopic (exact) mass is 568 g/mol. The number of nitro groups is 1. The minimum absolute atomic E-state index is 0.140. The molecule has 0 radical (unpaired) electrons. The minimum Gasteiger partial charge on any atom is -0.493 e. The lowest BCUT2D eigenvalue weighted by Crippen LogP contribution is -2.35. The molecule has 0 atom stereocenters. The first kappa shape index (κ1) is 26.4. The number of hydrogen-bond acceptors (Lipinski definition) is 10. The van der Waals surface area contributed by atoms with Gasteiger partial charge in [-0.2, -0.15) is 0 Å². The largest absolute Gasteiger partial charge is 0.493 e. The lowest BCUT2D eigenvalue weighted by Gasteiger charge is -2.26. The highest BCUT2D eigenvalue weighted by Crippen LogP contribution is 2.46. The third kappa shape index (κ3) is 4.98. The summed E-state index contributed by atoms with van der Waals surface area (Å²) in [4.78, 5) is 44.4. The van der Waals surface area contributed by atoms with E-state index in [1.165, 1.54) is 49.0 Å². The van der Waals surface area contributed by atoms with Gasteiger partial charge >= 0.3 is 6.09 Å². The smallest absolute Gasteiger partial charge is 0.410 e. The number of nitrogens with one attached hydrogen (secondary N) is 1. The van der Waals surface area contributed by atoms with E-state index in [-0.39, 0.29) is 23.7 Å². The van der Waals surface area contributed by atoms with Gasteiger partial charge in [-0.1, -0.05) is 12.1 Å². The number of thiazole rings is 1. The summed E-state index contributed by atoms with van der Waals surface area (Å²) in [5.74, 6) is -0.345. The number of rotatable bonds is 7. The van der Waals surface area contributed by atoms with Crippen LogP contribution in [0.15, 0.2) is 36.4 Å². The van der Waals surface area contributed by atoms with Crippen LogP contribution in [0.3, 0.4) is 0 Å². The third-order valence-corrected chi connectivity index (χ3v) is 8.45. The maximum absolute atomic E-state index is 13.5. The Balaban J connectivity index is 1.59. The van der Waals surface area contributed by atoms with Gasteiger partial charge in [-0.3, -0.25) is 14.9 Å². The third-order valence-electron chi connectivity index (χ3n) is 6.26. The van der Waals surface area contributed by atoms with E-state index < -0.39 is 22.6 Å². The first-order valence-corrected chi connectivity index (χ1v) is 13.6. The van der Waals surface area contributed by atoms with Crippen molar-refractivity contribution in [1.82, 2.24) is 9.88 Å². The highest BCUT2D eigenvalue weighted by Gasteiger charge is 2.31. The van der Waals surface area contributed by atoms with E-state index in [9.17, 15) is 19.7 Å². The molecule has 3 heterocycles. The fourth-order valence-electron chi connectivity index (χ4n) is 4.44. The van der Waals surface area contributed by atoms with Crippen LogP contribution in [-0.4, -0.2) is 54.2 Å². The molecule has 11 nitrogen and oxygen atoms in total. The molecule has 202 valence electrons. The number of amides is 2. The van der Waals surface area contributed by atoms with Gasteiger partial charge in [0.25, 0.3) is 11.6 Å². The Kier molecular flexibility index (Phi) is 7.35. The van der Waals surface area contributed by atoms with Crippen molar-refractivity contribution in [3.8, 4) is 22.1 Å². The molecule has 1 aliphatic rings. The number of thiophene rings is 1. The molecule has 0 fully saturated rings. The number of ether oxygens (including phenoxy) is 3. The molecule has 0 saturated carbocycles. The molecule has 2 amide bonds. The summed E-state index contributed by atoms with van der Waals surface area (Å²) in [6.45, 7) is 2.80. The van der Waals surface area contributed by atoms with E-state index >= 15 is 0 Å². The number of aromatic nitrogens is 1. The van der Waals surface area contributed by atoms with Crippen molar-refractivity contribution in [3.63, 3.8) is 0 Å². The molecule has 2 aromatic carbocycles. The van der Waals surface area contributed by atoms with Crippen LogP contribution in [0.25, 0.3) is 20.8 Å². The Morgan fingerprint density at radius 3 is 2.59 bits per heavy atom. The number of fused-ring (bicyclic) bond motifs is 2. The number of nitrogens with zero attached hydrogens (tertiary/aromatic N) is 3. The first-order chi connectivity index (χ1) is 18.8. The average Bonchev–Trinajstić information content (AvgIpc) is 3.52. The molecule has 1 aliphatic heterocycles. The van der Waals surface area contributed by atoms with Gasteiger partial charge in [-0.25, -0.2) is 9.78 Å². The Labute approximate surface area is 231 Å². The fraction of sp³-hybridized carbons (Fsp3) is 0.269. The summed E-state index contributed by atoms with van der Waals surface area (Å²) in [7, 11) is 2.75. The van der Waals surface area contributed by atoms with Gasteiger partial charge in [0.2, 0.25) is 0 Å². The molecule has 4 aromatic rings. The molecule has 5 rings (SSSR count). The topological polar surface area (TPSA) is 133 Å². The van der Waals surface area contributed by atoms with Crippen LogP contribution in [0.5, 0.6) is 11.5 Å². The predicted octanol–water partition coefficient (Wildman–Crippen LogP) is 5.72. The van der Waals surface area contributed by atoms with Crippen molar-refractivity contribution >= 4 is 55.6 Å². The molecule has 2 aromatic heterocycles. The van der Waals surface area contributed by atoms with Crippen molar-refractivity contribution < 1.29 is 28.7 Å². The summed E-state index contributed by atoms with van der Waals surface area (Å²) in [5, 5.41) is 15.9. The predicted molar refractivity (Wildman–Crippen MR) is 148 cm³/mol. The van der Waals surface area contributed by atoms with Gasteiger partial charge in [0.15, 0.2) is 11.5 Å². The zero-order valence-electron chi connectivity index (χ0n) is 21.3. The summed E-state index contributed by atoms with van der Waals surface area (Å²) in [5.41, 5.74) is 1.98. The molecule has 0 bridgehead atoms. The van der Waals surface area contributed by atoms with Crippen LogP contribution in [0.4, 0.5) is 15.5 Å². The lowest BCUT2D eigenvalue weighted by molar-refractivity contribution is -0.385. The molecule has 0 aliphatic carbocycles. The summed E-state index contributed by atoms with van der Waals surface area (Å²) in [6, 6.07) is 10.2. The molecule has 0 saturated heterocycles. The number of carbonyl (C=O) groups excluding carboxylic acids is 2. The van der Waals surface area contributed by atoms with E-state index in [0.29, 0.717) is 24.5 Å². The van der Waals surface area contributed by atoms with Crippen LogP contribution in [0.1, 0.15) is 27.7 Å². The minimum atomic E-state index is -0.675. The maximum Gasteiger partial charge on any atom is 0.410 e. The summed E-state index contributed by atoms with van der Waals surface area (Å²) >= 11 is 2.81. The van der Waals surface area contributed by atoms with Crippen molar-refractivity contribution in [2.24, 2.45) is 0 Å². The van der Waals surface area contributed by atoms with Crippen molar-refractivity contribution in [2.75, 3.05) is 32.7 Å². The zero-order chi connectivity index (χ0) is 27.7. The van der Waals surface area contributed by atoms with Gasteiger partial charge in [-0.05, 0) is 31.0 Å². The Morgan fingerprint density at radius 2 is 1.90 bits per heavy atom. The summed E-state index contributed by atoms with van der Waals surface area (Å²) < 4.78 is 16.6. The van der Waals surface area contributed by atoms with Gasteiger partial charge in [0.05, 0.1) is 48.6 Å². The zero-order valence-corrected chi connectivity index (χ0v) is 22.9. The second-order valence-electron chi connectivity index (χ2n) is 8.50. The number of nitro benzene ring substituents is 1. The normalized spacial score (nSPS) is 12.6. The van der Waals surface area contributed by atoms with Gasteiger partial charge in [0, 0.05) is 23.1 Å². The van der Waals surface area contributed by atoms with Crippen LogP contribution >= 0.6 is 22.7 Å². The van der Waals surface area contributed by atoms with Crippen LogP contribution in [-0.2, 0) is 17.7 Å². The highest BCUT2D eigenvalue weighted by molar-refractivity contribution is 7.23. The van der Waals surface area contributed by atoms with Crippen LogP contribution < -0.4 is 14.8 Å². The van der Waals surface area contributed by atoms with Gasteiger partial charge < -0.3 is 24.4 Å². The second-order valence-corrected chi connectivity index (χ2v) is 10.6. The Bertz CT molecular complexity index is 1560. The quantitative estimate of drug-likeness (QED) is 0.221. The van der Waals surface area contributed by atoms with Crippen LogP contribution in [0, 0.1) is 10.1 Å². The maximum atomic E-state index is 13.5. The van der Waals surface area contributed by atoms with E-state index in [1.807, 2.05) is 24.3 Å². The van der Waals surface area contributed by atoms with Crippen molar-refractivity contribution in [2.45, 2.75) is 19.9 Å². The van der Waals surface area contributed by atoms with E-state index in [0.717, 1.165) is 31.2 Å². The van der Waals surface area contributed by atoms with E-state index in [2.05, 4.69) is 5.32 Å². The standard InChI is InChI=1S/C26H24N4O7S2/c1-4-37-26(32)29-10-9-14-21(13-29)39-25(22(14)24-27-16-7-5-6-8-20(16)38-24)28-23(31)15-11-18(35-2)19(36-3)12-17(15)30(33)34/h5-8,11-12H,4,9-10,13H2,1-3H3,(H,28,31). The SMILES string of the molecule is CCOC(=O)N1CCc2c(sc(NC(=O)c3cc(OC)c(OC)cc3[N+](=O)[O-])c2-c2nc3ccccc3s2)C1. The molecule has 0 spiro atoms. The molecular weight excluding hydrogens is 544 g/mol. The Morgan fingerprint density at radius 1 is 1.15 bits per heavy atom. The van der Waals surface area contributed by atoms with Crippen LogP contribution in [0.2, 0.25) is 0 Å². The van der Waals surface area contributed by atoms with Gasteiger partial charge in [0.1, 0.15) is 15.6 Å². The highest BCUT2D eigenvalue weighted by atomic mass is 32.1. The molecular formula is C26H24N4O7S2. The van der Waals surface area contributed by atoms with Gasteiger partial charge in [-0.15, -0.1) is 22.7 Å². The molecule has 1 N–H and O–H groups in total. The number of para-hydroxylation sites is 1. The first-order valence-electron chi connectivity index (χ1n) is 12.0.